The molecule has 9 heteroatoms. The summed E-state index contributed by atoms with van der Waals surface area (Å²) in [6, 6.07) is 7.13. The van der Waals surface area contributed by atoms with Gasteiger partial charge in [0.15, 0.2) is 0 Å². The van der Waals surface area contributed by atoms with Crippen LogP contribution in [0.15, 0.2) is 42.3 Å². The van der Waals surface area contributed by atoms with Gasteiger partial charge in [-0.25, -0.2) is 4.98 Å². The van der Waals surface area contributed by atoms with E-state index in [4.69, 9.17) is 11.6 Å². The highest BCUT2D eigenvalue weighted by Gasteiger charge is 2.24. The number of aliphatic hydroxyl groups excluding tert-OH is 1. The van der Waals surface area contributed by atoms with Crippen molar-refractivity contribution in [3.05, 3.63) is 52.2 Å². The first kappa shape index (κ1) is 21.5. The van der Waals surface area contributed by atoms with Crippen molar-refractivity contribution in [2.75, 3.05) is 10.6 Å². The topological polar surface area (TPSA) is 96.3 Å². The second-order valence-corrected chi connectivity index (χ2v) is 8.99. The summed E-state index contributed by atoms with van der Waals surface area (Å²) in [5.41, 5.74) is 2.04. The summed E-state index contributed by atoms with van der Waals surface area (Å²) in [5.74, 6) is 0.161. The van der Waals surface area contributed by atoms with Gasteiger partial charge in [-0.2, -0.15) is 0 Å². The van der Waals surface area contributed by atoms with Gasteiger partial charge in [-0.3, -0.25) is 14.9 Å². The minimum atomic E-state index is -0.334. The van der Waals surface area contributed by atoms with E-state index in [0.717, 1.165) is 31.2 Å². The number of benzene rings is 1. The molecule has 2 amide bonds. The average Bonchev–Trinajstić information content (AvgIpc) is 3.35. The molecule has 0 spiro atoms. The van der Waals surface area contributed by atoms with E-state index in [1.54, 1.807) is 11.4 Å². The van der Waals surface area contributed by atoms with Crippen molar-refractivity contribution in [3.8, 4) is 0 Å². The van der Waals surface area contributed by atoms with Crippen molar-refractivity contribution < 1.29 is 14.7 Å². The van der Waals surface area contributed by atoms with Gasteiger partial charge in [0.25, 0.3) is 5.91 Å². The van der Waals surface area contributed by atoms with Gasteiger partial charge in [0.1, 0.15) is 0 Å². The molecule has 0 aliphatic heterocycles. The third-order valence-electron chi connectivity index (χ3n) is 5.48. The van der Waals surface area contributed by atoms with E-state index in [9.17, 15) is 14.7 Å². The van der Waals surface area contributed by atoms with Crippen LogP contribution in [0.4, 0.5) is 11.6 Å². The number of halogens is 1. The number of fused-ring (bicyclic) bond motifs is 1. The Morgan fingerprint density at radius 2 is 2.06 bits per heavy atom. The molecule has 2 aromatic heterocycles. The smallest absolute Gasteiger partial charge is 0.268 e. The number of aliphatic hydroxyl groups is 1. The number of hydrogen-bond acceptors (Lipinski definition) is 5. The molecule has 3 N–H and O–H groups in total. The number of imidazole rings is 1. The predicted octanol–water partition coefficient (Wildman–Crippen LogP) is 4.68. The Balaban J connectivity index is 1.59. The Morgan fingerprint density at radius 3 is 2.81 bits per heavy atom. The summed E-state index contributed by atoms with van der Waals surface area (Å²) in [6.45, 7) is 4.08. The van der Waals surface area contributed by atoms with Gasteiger partial charge < -0.3 is 15.0 Å². The summed E-state index contributed by atoms with van der Waals surface area (Å²) >= 11 is 7.70. The molecular weight excluding hydrogens is 436 g/mol. The molecule has 162 valence electrons. The minimum absolute atomic E-state index is 0.229. The number of aromatic nitrogens is 2. The average molecular weight is 459 g/mol. The first-order chi connectivity index (χ1) is 14.9. The highest BCUT2D eigenvalue weighted by atomic mass is 35.5. The lowest BCUT2D eigenvalue weighted by molar-refractivity contribution is -0.111. The molecule has 2 heterocycles. The monoisotopic (exact) mass is 458 g/mol. The first-order valence-corrected chi connectivity index (χ1v) is 11.4. The van der Waals surface area contributed by atoms with Gasteiger partial charge in [0.2, 0.25) is 11.9 Å². The lowest BCUT2D eigenvalue weighted by atomic mass is 9.87. The van der Waals surface area contributed by atoms with Crippen molar-refractivity contribution in [1.82, 2.24) is 9.55 Å². The fourth-order valence-electron chi connectivity index (χ4n) is 3.88. The number of hydrogen-bond donors (Lipinski definition) is 3. The number of carbonyl (C=O) groups excluding carboxylic acids is 2. The number of rotatable bonds is 6. The summed E-state index contributed by atoms with van der Waals surface area (Å²) < 4.78 is 1.96. The SMILES string of the molecule is C=CC(=O)Nc1csc(C(=O)Nc2nc3cccc(Cl)c3n2CC2CCC(O)CC2)c1. The van der Waals surface area contributed by atoms with E-state index in [0.29, 0.717) is 39.5 Å². The lowest BCUT2D eigenvalue weighted by Crippen LogP contribution is -2.23. The van der Waals surface area contributed by atoms with Crippen LogP contribution in [0.3, 0.4) is 0 Å². The zero-order valence-electron chi connectivity index (χ0n) is 16.8. The molecular formula is C22H23ClN4O3S. The molecule has 7 nitrogen and oxygen atoms in total. The van der Waals surface area contributed by atoms with Crippen LogP contribution < -0.4 is 10.6 Å². The van der Waals surface area contributed by atoms with Crippen LogP contribution in [0.2, 0.25) is 5.02 Å². The molecule has 0 radical (unpaired) electrons. The normalized spacial score (nSPS) is 18.6. The van der Waals surface area contributed by atoms with E-state index in [1.165, 1.54) is 17.4 Å². The van der Waals surface area contributed by atoms with Crippen LogP contribution in [-0.4, -0.2) is 32.6 Å². The van der Waals surface area contributed by atoms with Crippen LogP contribution in [0.1, 0.15) is 35.4 Å². The standard InChI is InChI=1S/C22H23ClN4O3S/c1-2-19(29)24-14-10-18(31-12-14)21(30)26-22-25-17-5-3-4-16(23)20(17)27(22)11-13-6-8-15(28)9-7-13/h2-5,10,12-13,15,28H,1,6-9,11H2,(H,24,29)(H,25,26,30). The largest absolute Gasteiger partial charge is 0.393 e. The molecule has 1 aliphatic carbocycles. The van der Waals surface area contributed by atoms with E-state index >= 15 is 0 Å². The second kappa shape index (κ2) is 9.21. The maximum Gasteiger partial charge on any atom is 0.268 e. The molecule has 3 aromatic rings. The van der Waals surface area contributed by atoms with Crippen molar-refractivity contribution in [3.63, 3.8) is 0 Å². The predicted molar refractivity (Wildman–Crippen MR) is 124 cm³/mol. The molecule has 1 saturated carbocycles. The van der Waals surface area contributed by atoms with Crippen LogP contribution >= 0.6 is 22.9 Å². The number of nitrogens with zero attached hydrogens (tertiary/aromatic N) is 2. The Labute approximate surface area is 188 Å². The van der Waals surface area contributed by atoms with Crippen molar-refractivity contribution >= 4 is 57.4 Å². The fraction of sp³-hybridized carbons (Fsp3) is 0.318. The van der Waals surface area contributed by atoms with Gasteiger partial charge >= 0.3 is 0 Å². The number of nitrogens with one attached hydrogen (secondary N) is 2. The second-order valence-electron chi connectivity index (χ2n) is 7.68. The number of amides is 2. The summed E-state index contributed by atoms with van der Waals surface area (Å²) in [6.07, 6.45) is 4.33. The molecule has 0 atom stereocenters. The Hall–Kier alpha value is -2.68. The van der Waals surface area contributed by atoms with E-state index in [2.05, 4.69) is 22.2 Å². The molecule has 0 bridgehead atoms. The quantitative estimate of drug-likeness (QED) is 0.467. The first-order valence-electron chi connectivity index (χ1n) is 10.1. The molecule has 1 aromatic carbocycles. The van der Waals surface area contributed by atoms with Crippen molar-refractivity contribution in [1.29, 1.82) is 0 Å². The maximum absolute atomic E-state index is 12.9. The third kappa shape index (κ3) is 4.81. The van der Waals surface area contributed by atoms with E-state index < -0.39 is 0 Å². The van der Waals surface area contributed by atoms with Gasteiger partial charge in [0, 0.05) is 11.9 Å². The third-order valence-corrected chi connectivity index (χ3v) is 6.71. The minimum Gasteiger partial charge on any atom is -0.393 e. The Bertz CT molecular complexity index is 1130. The van der Waals surface area contributed by atoms with E-state index in [1.807, 2.05) is 22.8 Å². The van der Waals surface area contributed by atoms with Crippen LogP contribution in [0.25, 0.3) is 11.0 Å². The summed E-state index contributed by atoms with van der Waals surface area (Å²) in [4.78, 5) is 29.4. The molecule has 4 rings (SSSR count). The van der Waals surface area contributed by atoms with Crippen molar-refractivity contribution in [2.45, 2.75) is 38.3 Å². The number of para-hydroxylation sites is 1. The maximum atomic E-state index is 12.9. The number of thiophene rings is 1. The molecule has 1 fully saturated rings. The summed E-state index contributed by atoms with van der Waals surface area (Å²) in [5, 5.41) is 17.6. The molecule has 0 unspecified atom stereocenters. The molecule has 1 aliphatic rings. The number of carbonyl (C=O) groups is 2. The van der Waals surface area contributed by atoms with Gasteiger partial charge in [-0.15, -0.1) is 11.3 Å². The van der Waals surface area contributed by atoms with Gasteiger partial charge in [-0.1, -0.05) is 24.2 Å². The highest BCUT2D eigenvalue weighted by Crippen LogP contribution is 2.32. The van der Waals surface area contributed by atoms with Crippen LogP contribution in [0.5, 0.6) is 0 Å². The molecule has 0 saturated heterocycles. The van der Waals surface area contributed by atoms with Crippen LogP contribution in [-0.2, 0) is 11.3 Å². The lowest BCUT2D eigenvalue weighted by Gasteiger charge is -2.26. The molecule has 31 heavy (non-hydrogen) atoms. The van der Waals surface area contributed by atoms with E-state index in [-0.39, 0.29) is 17.9 Å². The highest BCUT2D eigenvalue weighted by molar-refractivity contribution is 7.12. The fourth-order valence-corrected chi connectivity index (χ4v) is 4.88. The van der Waals surface area contributed by atoms with Crippen LogP contribution in [0, 0.1) is 5.92 Å². The zero-order chi connectivity index (χ0) is 22.0. The summed E-state index contributed by atoms with van der Waals surface area (Å²) in [7, 11) is 0. The van der Waals surface area contributed by atoms with Gasteiger partial charge in [0.05, 0.1) is 32.7 Å². The zero-order valence-corrected chi connectivity index (χ0v) is 18.4. The van der Waals surface area contributed by atoms with Crippen molar-refractivity contribution in [2.24, 2.45) is 5.92 Å². The Morgan fingerprint density at radius 1 is 1.29 bits per heavy atom. The van der Waals surface area contributed by atoms with Gasteiger partial charge in [-0.05, 0) is 55.9 Å². The Kier molecular flexibility index (Phi) is 6.41. The number of anilines is 2.